The van der Waals surface area contributed by atoms with Gasteiger partial charge in [-0.2, -0.15) is 0 Å². The van der Waals surface area contributed by atoms with Crippen molar-refractivity contribution in [3.8, 4) is 0 Å². The zero-order valence-corrected chi connectivity index (χ0v) is 8.30. The third-order valence-electron chi connectivity index (χ3n) is 1.60. The van der Waals surface area contributed by atoms with Crippen LogP contribution in [-0.4, -0.2) is 28.8 Å². The summed E-state index contributed by atoms with van der Waals surface area (Å²) in [6, 6.07) is -0.817. The Hall–Kier alpha value is -0.880. The van der Waals surface area contributed by atoms with Crippen LogP contribution >= 0.6 is 12.2 Å². The maximum atomic E-state index is 10.4. The molecule has 0 radical (unpaired) electrons. The Morgan fingerprint density at radius 3 is 2.62 bits per heavy atom. The smallest absolute Gasteiger partial charge is 0.320 e. The van der Waals surface area contributed by atoms with Gasteiger partial charge in [0.05, 0.1) is 0 Å². The van der Waals surface area contributed by atoms with Gasteiger partial charge in [-0.1, -0.05) is 6.92 Å². The van der Waals surface area contributed by atoms with Gasteiger partial charge in [-0.05, 0) is 24.6 Å². The molecule has 0 amide bonds. The molecule has 0 aromatic heterocycles. The molecule has 0 heterocycles. The van der Waals surface area contributed by atoms with Gasteiger partial charge in [-0.15, -0.1) is 0 Å². The van der Waals surface area contributed by atoms with Crippen LogP contribution in [0.5, 0.6) is 0 Å². The van der Waals surface area contributed by atoms with E-state index in [-0.39, 0.29) is 11.0 Å². The number of thiocarbonyl (C=S) groups is 1. The first-order valence-electron chi connectivity index (χ1n) is 3.95. The van der Waals surface area contributed by atoms with Crippen molar-refractivity contribution in [2.24, 2.45) is 17.4 Å². The number of rotatable bonds is 5. The summed E-state index contributed by atoms with van der Waals surface area (Å²) in [5.41, 5.74) is 10.5. The van der Waals surface area contributed by atoms with Gasteiger partial charge in [-0.3, -0.25) is 4.79 Å². The fraction of sp³-hybridized carbons (Fsp3) is 0.714. The zero-order valence-electron chi connectivity index (χ0n) is 7.49. The maximum Gasteiger partial charge on any atom is 0.320 e. The van der Waals surface area contributed by atoms with Crippen LogP contribution in [-0.2, 0) is 4.79 Å². The van der Waals surface area contributed by atoms with Crippen LogP contribution in [0, 0.1) is 5.92 Å². The van der Waals surface area contributed by atoms with E-state index < -0.39 is 12.0 Å². The number of hydrogen-bond acceptors (Lipinski definition) is 3. The second kappa shape index (κ2) is 5.71. The molecule has 6 heteroatoms. The van der Waals surface area contributed by atoms with Crippen LogP contribution in [0.1, 0.15) is 13.3 Å². The molecule has 0 saturated heterocycles. The van der Waals surface area contributed by atoms with Gasteiger partial charge >= 0.3 is 5.97 Å². The molecule has 5 nitrogen and oxygen atoms in total. The van der Waals surface area contributed by atoms with Gasteiger partial charge < -0.3 is 21.9 Å². The van der Waals surface area contributed by atoms with Crippen molar-refractivity contribution in [3.63, 3.8) is 0 Å². The van der Waals surface area contributed by atoms with Crippen molar-refractivity contribution < 1.29 is 9.90 Å². The highest BCUT2D eigenvalue weighted by Crippen LogP contribution is 2.02. The van der Waals surface area contributed by atoms with Crippen molar-refractivity contribution in [1.82, 2.24) is 5.32 Å². The Morgan fingerprint density at radius 2 is 2.23 bits per heavy atom. The minimum atomic E-state index is -0.984. The van der Waals surface area contributed by atoms with Crippen molar-refractivity contribution in [2.45, 2.75) is 19.4 Å². The van der Waals surface area contributed by atoms with Crippen LogP contribution in [0.2, 0.25) is 0 Å². The number of nitrogens with two attached hydrogens (primary N) is 2. The highest BCUT2D eigenvalue weighted by molar-refractivity contribution is 7.80. The third-order valence-corrected chi connectivity index (χ3v) is 1.74. The molecule has 0 fully saturated rings. The molecule has 0 aliphatic carbocycles. The first-order valence-corrected chi connectivity index (χ1v) is 4.36. The van der Waals surface area contributed by atoms with Crippen LogP contribution < -0.4 is 16.8 Å². The lowest BCUT2D eigenvalue weighted by Crippen LogP contribution is -2.37. The minimum absolute atomic E-state index is 0.132. The van der Waals surface area contributed by atoms with Crippen molar-refractivity contribution >= 4 is 23.3 Å². The Morgan fingerprint density at radius 1 is 1.69 bits per heavy atom. The molecular formula is C7H15N3O2S. The van der Waals surface area contributed by atoms with Crippen LogP contribution in [0.15, 0.2) is 0 Å². The van der Waals surface area contributed by atoms with E-state index in [1.54, 1.807) is 0 Å². The second-order valence-corrected chi connectivity index (χ2v) is 3.47. The van der Waals surface area contributed by atoms with Gasteiger partial charge in [0, 0.05) is 6.54 Å². The lowest BCUT2D eigenvalue weighted by atomic mass is 10.0. The molecule has 6 N–H and O–H groups in total. The summed E-state index contributed by atoms with van der Waals surface area (Å²) in [6.07, 6.45) is 0.408. The van der Waals surface area contributed by atoms with Crippen molar-refractivity contribution in [1.29, 1.82) is 0 Å². The molecule has 0 aromatic carbocycles. The maximum absolute atomic E-state index is 10.4. The second-order valence-electron chi connectivity index (χ2n) is 3.03. The van der Waals surface area contributed by atoms with E-state index in [9.17, 15) is 4.79 Å². The first-order chi connectivity index (χ1) is 5.93. The monoisotopic (exact) mass is 205 g/mol. The molecular weight excluding hydrogens is 190 g/mol. The van der Waals surface area contributed by atoms with E-state index in [0.717, 1.165) is 0 Å². The standard InChI is InChI=1S/C7H15N3O2S/c1-4(3-10-7(9)13)2-5(8)6(11)12/h4-5H,2-3,8H2,1H3,(H,11,12)(H3,9,10,13). The Kier molecular flexibility index (Phi) is 5.33. The zero-order chi connectivity index (χ0) is 10.4. The van der Waals surface area contributed by atoms with Gasteiger partial charge in [0.25, 0.3) is 0 Å². The van der Waals surface area contributed by atoms with Crippen LogP contribution in [0.4, 0.5) is 0 Å². The number of nitrogens with one attached hydrogen (secondary N) is 1. The number of hydrogen-bond donors (Lipinski definition) is 4. The van der Waals surface area contributed by atoms with Crippen molar-refractivity contribution in [3.05, 3.63) is 0 Å². The van der Waals surface area contributed by atoms with Crippen LogP contribution in [0.25, 0.3) is 0 Å². The fourth-order valence-electron chi connectivity index (χ4n) is 0.892. The van der Waals surface area contributed by atoms with Crippen LogP contribution in [0.3, 0.4) is 0 Å². The molecule has 0 saturated carbocycles. The van der Waals surface area contributed by atoms with E-state index in [0.29, 0.717) is 13.0 Å². The molecule has 0 rings (SSSR count). The van der Waals surface area contributed by atoms with Crippen molar-refractivity contribution in [2.75, 3.05) is 6.54 Å². The fourth-order valence-corrected chi connectivity index (χ4v) is 0.976. The summed E-state index contributed by atoms with van der Waals surface area (Å²) in [7, 11) is 0. The highest BCUT2D eigenvalue weighted by atomic mass is 32.1. The van der Waals surface area contributed by atoms with E-state index >= 15 is 0 Å². The summed E-state index contributed by atoms with van der Waals surface area (Å²) < 4.78 is 0. The summed E-state index contributed by atoms with van der Waals surface area (Å²) in [4.78, 5) is 10.4. The summed E-state index contributed by atoms with van der Waals surface area (Å²) >= 11 is 4.60. The third kappa shape index (κ3) is 6.30. The summed E-state index contributed by atoms with van der Waals surface area (Å²) in [6.45, 7) is 2.43. The van der Waals surface area contributed by atoms with Gasteiger partial charge in [-0.25, -0.2) is 0 Å². The number of carboxylic acid groups (broad SMARTS) is 1. The van der Waals surface area contributed by atoms with E-state index in [1.165, 1.54) is 0 Å². The molecule has 2 unspecified atom stereocenters. The Labute approximate surface area is 82.5 Å². The molecule has 0 spiro atoms. The summed E-state index contributed by atoms with van der Waals surface area (Å²) in [5.74, 6) is -0.852. The quantitative estimate of drug-likeness (QED) is 0.441. The molecule has 2 atom stereocenters. The van der Waals surface area contributed by atoms with E-state index in [2.05, 4.69) is 17.5 Å². The molecule has 0 aliphatic heterocycles. The normalized spacial score (nSPS) is 14.6. The van der Waals surface area contributed by atoms with E-state index in [1.807, 2.05) is 6.92 Å². The number of aliphatic carboxylic acids is 1. The summed E-state index contributed by atoms with van der Waals surface area (Å²) in [5, 5.41) is 11.5. The lowest BCUT2D eigenvalue weighted by Gasteiger charge is -2.14. The highest BCUT2D eigenvalue weighted by Gasteiger charge is 2.15. The van der Waals surface area contributed by atoms with Gasteiger partial charge in [0.15, 0.2) is 5.11 Å². The molecule has 0 aliphatic rings. The minimum Gasteiger partial charge on any atom is -0.480 e. The molecule has 76 valence electrons. The van der Waals surface area contributed by atoms with E-state index in [4.69, 9.17) is 16.6 Å². The Bertz CT molecular complexity index is 198. The number of carboxylic acids is 1. The van der Waals surface area contributed by atoms with Gasteiger partial charge in [0.2, 0.25) is 0 Å². The molecule has 0 bridgehead atoms. The predicted molar refractivity (Wildman–Crippen MR) is 54.2 cm³/mol. The van der Waals surface area contributed by atoms with Gasteiger partial charge in [0.1, 0.15) is 6.04 Å². The molecule has 13 heavy (non-hydrogen) atoms. The Balaban J connectivity index is 3.67. The average molecular weight is 205 g/mol. The SMILES string of the molecule is CC(CNC(N)=S)CC(N)C(=O)O. The average Bonchev–Trinajstić information content (AvgIpc) is 2.00. The number of carbonyl (C=O) groups is 1. The lowest BCUT2D eigenvalue weighted by molar-refractivity contribution is -0.138. The largest absolute Gasteiger partial charge is 0.480 e. The topological polar surface area (TPSA) is 101 Å². The molecule has 0 aromatic rings. The first kappa shape index (κ1) is 12.1. The predicted octanol–water partition coefficient (Wildman–Crippen LogP) is -0.742.